The molecule has 7 nitrogen and oxygen atoms in total. The molecule has 2 N–H and O–H groups in total. The normalized spacial score (nSPS) is 10.4. The number of pyridine rings is 1. The second-order valence-electron chi connectivity index (χ2n) is 5.19. The van der Waals surface area contributed by atoms with Crippen molar-refractivity contribution in [2.24, 2.45) is 0 Å². The minimum atomic E-state index is -0.586. The summed E-state index contributed by atoms with van der Waals surface area (Å²) in [6.07, 6.45) is 1.59. The molecule has 2 aromatic rings. The number of hydrogen-bond acceptors (Lipinski definition) is 7. The molecule has 0 saturated heterocycles. The second-order valence-corrected chi connectivity index (χ2v) is 7.58. The Morgan fingerprint density at radius 1 is 1.37 bits per heavy atom. The first-order chi connectivity index (χ1) is 12.9. The van der Waals surface area contributed by atoms with Crippen LogP contribution in [0.25, 0.3) is 0 Å². The van der Waals surface area contributed by atoms with E-state index in [0.29, 0.717) is 20.5 Å². The molecule has 0 unspecified atom stereocenters. The van der Waals surface area contributed by atoms with E-state index in [-0.39, 0.29) is 34.7 Å². The van der Waals surface area contributed by atoms with Gasteiger partial charge in [0.2, 0.25) is 5.91 Å². The first-order valence-corrected chi connectivity index (χ1v) is 10.1. The Balaban J connectivity index is 2.20. The molecule has 0 spiro atoms. The van der Waals surface area contributed by atoms with Crippen LogP contribution in [0, 0.1) is 6.92 Å². The van der Waals surface area contributed by atoms with Crippen molar-refractivity contribution in [3.8, 4) is 0 Å². The maximum Gasteiger partial charge on any atom is 0.341 e. The van der Waals surface area contributed by atoms with E-state index < -0.39 is 5.97 Å². The molecule has 2 amide bonds. The van der Waals surface area contributed by atoms with Gasteiger partial charge in [-0.25, -0.2) is 9.78 Å². The Hall–Kier alpha value is -2.10. The molecule has 0 saturated carbocycles. The fourth-order valence-electron chi connectivity index (χ4n) is 2.15. The van der Waals surface area contributed by atoms with Crippen molar-refractivity contribution in [3.63, 3.8) is 0 Å². The van der Waals surface area contributed by atoms with Gasteiger partial charge in [0.1, 0.15) is 10.0 Å². The number of hydrogen-bond donors (Lipinski definition) is 2. The summed E-state index contributed by atoms with van der Waals surface area (Å²) in [6.45, 7) is 3.51. The van der Waals surface area contributed by atoms with Crippen LogP contribution < -0.4 is 10.6 Å². The molecule has 2 rings (SSSR count). The number of aromatic nitrogens is 1. The molecule has 0 aromatic carbocycles. The summed E-state index contributed by atoms with van der Waals surface area (Å²) in [5.41, 5.74) is 0.656. The van der Waals surface area contributed by atoms with Crippen LogP contribution in [0.15, 0.2) is 23.4 Å². The summed E-state index contributed by atoms with van der Waals surface area (Å²) in [5, 5.41) is 6.48. The zero-order chi connectivity index (χ0) is 20.0. The minimum Gasteiger partial charge on any atom is -0.462 e. The summed E-state index contributed by atoms with van der Waals surface area (Å²) in [6, 6.07) is 3.39. The van der Waals surface area contributed by atoms with Crippen LogP contribution in [0.2, 0.25) is 5.02 Å². The molecule has 0 aliphatic rings. The van der Waals surface area contributed by atoms with Crippen molar-refractivity contribution in [2.75, 3.05) is 24.7 Å². The number of anilines is 1. The molecule has 0 bridgehead atoms. The molecule has 0 atom stereocenters. The summed E-state index contributed by atoms with van der Waals surface area (Å²) >= 11 is 8.23. The molecule has 0 aliphatic heterocycles. The van der Waals surface area contributed by atoms with Crippen LogP contribution in [0.5, 0.6) is 0 Å². The van der Waals surface area contributed by atoms with E-state index in [4.69, 9.17) is 16.3 Å². The zero-order valence-electron chi connectivity index (χ0n) is 14.9. The second kappa shape index (κ2) is 9.72. The van der Waals surface area contributed by atoms with Gasteiger partial charge in [-0.3, -0.25) is 9.59 Å². The van der Waals surface area contributed by atoms with E-state index in [9.17, 15) is 14.4 Å². The molecule has 0 aliphatic carbocycles. The first-order valence-electron chi connectivity index (χ1n) is 7.94. The number of ether oxygens (including phenoxy) is 1. The van der Waals surface area contributed by atoms with Gasteiger partial charge in [-0.2, -0.15) is 0 Å². The minimum absolute atomic E-state index is 0.0469. The van der Waals surface area contributed by atoms with E-state index in [1.54, 1.807) is 32.2 Å². The molecule has 10 heteroatoms. The first kappa shape index (κ1) is 21.2. The largest absolute Gasteiger partial charge is 0.462 e. The third kappa shape index (κ3) is 5.21. The highest BCUT2D eigenvalue weighted by atomic mass is 35.5. The van der Waals surface area contributed by atoms with Gasteiger partial charge in [0.25, 0.3) is 5.91 Å². The smallest absolute Gasteiger partial charge is 0.341 e. The van der Waals surface area contributed by atoms with Gasteiger partial charge in [-0.15, -0.1) is 11.3 Å². The van der Waals surface area contributed by atoms with Crippen LogP contribution >= 0.6 is 34.7 Å². The van der Waals surface area contributed by atoms with Crippen molar-refractivity contribution < 1.29 is 19.1 Å². The lowest BCUT2D eigenvalue weighted by Crippen LogP contribution is -2.18. The molecular weight excluding hydrogens is 410 g/mol. The molecule has 144 valence electrons. The summed E-state index contributed by atoms with van der Waals surface area (Å²) in [4.78, 5) is 41.1. The maximum atomic E-state index is 12.3. The Kier molecular flexibility index (Phi) is 7.64. The molecule has 2 aromatic heterocycles. The van der Waals surface area contributed by atoms with E-state index in [0.717, 1.165) is 11.3 Å². The Morgan fingerprint density at radius 2 is 2.11 bits per heavy atom. The highest BCUT2D eigenvalue weighted by Gasteiger charge is 2.26. The SMILES string of the molecule is CCOC(=O)c1c(NC(=O)CSc2ncccc2Cl)sc(C(=O)NC)c1C. The standard InChI is InChI=1S/C17H18ClN3O4S2/c1-4-25-17(24)12-9(2)13(14(23)19-3)27-16(12)21-11(22)8-26-15-10(18)6-5-7-20-15/h5-7H,4,8H2,1-3H3,(H,19,23)(H,21,22). The number of carbonyl (C=O) groups excluding carboxylic acids is 3. The fraction of sp³-hybridized carbons (Fsp3) is 0.294. The van der Waals surface area contributed by atoms with Crippen molar-refractivity contribution >= 4 is 57.5 Å². The fourth-order valence-corrected chi connectivity index (χ4v) is 4.28. The number of amides is 2. The lowest BCUT2D eigenvalue weighted by Gasteiger charge is -2.07. The van der Waals surface area contributed by atoms with Crippen LogP contribution in [0.1, 0.15) is 32.5 Å². The van der Waals surface area contributed by atoms with Gasteiger partial charge in [0, 0.05) is 13.2 Å². The van der Waals surface area contributed by atoms with Gasteiger partial charge in [0.15, 0.2) is 0 Å². The quantitative estimate of drug-likeness (QED) is 0.519. The summed E-state index contributed by atoms with van der Waals surface area (Å²) < 4.78 is 5.05. The number of thiophene rings is 1. The average molecular weight is 428 g/mol. The third-order valence-corrected chi connectivity index (χ3v) is 6.01. The predicted molar refractivity (Wildman–Crippen MR) is 107 cm³/mol. The molecule has 0 radical (unpaired) electrons. The van der Waals surface area contributed by atoms with Crippen molar-refractivity contribution in [3.05, 3.63) is 39.4 Å². The third-order valence-electron chi connectivity index (χ3n) is 3.38. The number of thioether (sulfide) groups is 1. The van der Waals surface area contributed by atoms with Crippen LogP contribution in [0.4, 0.5) is 5.00 Å². The average Bonchev–Trinajstić information content (AvgIpc) is 2.96. The lowest BCUT2D eigenvalue weighted by molar-refractivity contribution is -0.113. The Morgan fingerprint density at radius 3 is 2.74 bits per heavy atom. The lowest BCUT2D eigenvalue weighted by atomic mass is 10.1. The van der Waals surface area contributed by atoms with E-state index in [2.05, 4.69) is 15.6 Å². The van der Waals surface area contributed by atoms with Gasteiger partial charge >= 0.3 is 5.97 Å². The van der Waals surface area contributed by atoms with Gasteiger partial charge in [-0.05, 0) is 31.5 Å². The van der Waals surface area contributed by atoms with Crippen molar-refractivity contribution in [1.29, 1.82) is 0 Å². The molecule has 2 heterocycles. The zero-order valence-corrected chi connectivity index (χ0v) is 17.3. The topological polar surface area (TPSA) is 97.4 Å². The maximum absolute atomic E-state index is 12.3. The predicted octanol–water partition coefficient (Wildman–Crippen LogP) is 3.37. The monoisotopic (exact) mass is 427 g/mol. The number of esters is 1. The van der Waals surface area contributed by atoms with Gasteiger partial charge in [-0.1, -0.05) is 23.4 Å². The summed E-state index contributed by atoms with van der Waals surface area (Å²) in [5.74, 6) is -1.22. The summed E-state index contributed by atoms with van der Waals surface area (Å²) in [7, 11) is 1.50. The Bertz CT molecular complexity index is 870. The van der Waals surface area contributed by atoms with Gasteiger partial charge in [0.05, 0.1) is 27.8 Å². The number of carbonyl (C=O) groups is 3. The highest BCUT2D eigenvalue weighted by Crippen LogP contribution is 2.34. The number of halogens is 1. The Labute approximate surface area is 169 Å². The van der Waals surface area contributed by atoms with Crippen LogP contribution in [0.3, 0.4) is 0 Å². The molecule has 27 heavy (non-hydrogen) atoms. The highest BCUT2D eigenvalue weighted by molar-refractivity contribution is 8.00. The van der Waals surface area contributed by atoms with Crippen LogP contribution in [-0.4, -0.2) is 42.2 Å². The number of nitrogens with one attached hydrogen (secondary N) is 2. The number of nitrogens with zero attached hydrogens (tertiary/aromatic N) is 1. The van der Waals surface area contributed by atoms with Crippen molar-refractivity contribution in [1.82, 2.24) is 10.3 Å². The number of rotatable bonds is 7. The van der Waals surface area contributed by atoms with E-state index in [1.807, 2.05) is 0 Å². The van der Waals surface area contributed by atoms with Crippen molar-refractivity contribution in [2.45, 2.75) is 18.9 Å². The van der Waals surface area contributed by atoms with E-state index in [1.165, 1.54) is 18.8 Å². The van der Waals surface area contributed by atoms with Gasteiger partial charge < -0.3 is 15.4 Å². The van der Waals surface area contributed by atoms with E-state index >= 15 is 0 Å². The molecular formula is C17H18ClN3O4S2. The molecule has 0 fully saturated rings. The van der Waals surface area contributed by atoms with Crippen LogP contribution in [-0.2, 0) is 9.53 Å².